The monoisotopic (exact) mass is 240 g/mol. The van der Waals surface area contributed by atoms with Gasteiger partial charge in [0.2, 0.25) is 5.91 Å². The van der Waals surface area contributed by atoms with E-state index in [1.165, 1.54) is 7.11 Å². The zero-order valence-electron chi connectivity index (χ0n) is 10.7. The first-order valence-electron chi connectivity index (χ1n) is 5.77. The smallest absolute Gasteiger partial charge is 0.333 e. The van der Waals surface area contributed by atoms with E-state index in [1.54, 1.807) is 13.8 Å². The van der Waals surface area contributed by atoms with Crippen LogP contribution in [-0.2, 0) is 14.3 Å². The fourth-order valence-corrected chi connectivity index (χ4v) is 1.76. The van der Waals surface area contributed by atoms with Gasteiger partial charge in [-0.3, -0.25) is 9.69 Å². The minimum absolute atomic E-state index is 0.130. The van der Waals surface area contributed by atoms with E-state index in [1.807, 2.05) is 11.0 Å². The summed E-state index contributed by atoms with van der Waals surface area (Å²) in [5.41, 5.74) is 0.626. The highest BCUT2D eigenvalue weighted by atomic mass is 16.5. The Hall–Kier alpha value is -1.36. The number of carbonyl (C=O) groups is 2. The van der Waals surface area contributed by atoms with Crippen LogP contribution in [0.2, 0.25) is 0 Å². The molecule has 1 rings (SSSR count). The van der Waals surface area contributed by atoms with Gasteiger partial charge in [-0.1, -0.05) is 6.08 Å². The second-order valence-electron chi connectivity index (χ2n) is 4.19. The van der Waals surface area contributed by atoms with Gasteiger partial charge in [-0.05, 0) is 6.92 Å². The number of piperazine rings is 1. The summed E-state index contributed by atoms with van der Waals surface area (Å²) in [6.07, 6.45) is 1.87. The Balaban J connectivity index is 2.36. The maximum atomic E-state index is 11.2. The molecule has 1 amide bonds. The Morgan fingerprint density at radius 1 is 1.18 bits per heavy atom. The van der Waals surface area contributed by atoms with Crippen LogP contribution in [0.1, 0.15) is 13.8 Å². The van der Waals surface area contributed by atoms with Gasteiger partial charge in [-0.25, -0.2) is 4.79 Å². The molecule has 0 aromatic rings. The van der Waals surface area contributed by atoms with Crippen LogP contribution >= 0.6 is 0 Å². The molecule has 5 nitrogen and oxygen atoms in total. The van der Waals surface area contributed by atoms with Crippen LogP contribution in [0.25, 0.3) is 0 Å². The van der Waals surface area contributed by atoms with Crippen LogP contribution in [0.3, 0.4) is 0 Å². The van der Waals surface area contributed by atoms with Crippen molar-refractivity contribution < 1.29 is 14.3 Å². The van der Waals surface area contributed by atoms with Crippen molar-refractivity contribution in [1.29, 1.82) is 0 Å². The molecule has 0 aromatic carbocycles. The molecule has 1 fully saturated rings. The van der Waals surface area contributed by atoms with Crippen molar-refractivity contribution in [2.75, 3.05) is 39.8 Å². The standard InChI is InChI=1S/C12H20N2O3/c1-10(12(16)17-3)4-5-13-6-8-14(9-7-13)11(2)15/h4H,5-9H2,1-3H3. The lowest BCUT2D eigenvalue weighted by molar-refractivity contribution is -0.136. The van der Waals surface area contributed by atoms with Crippen LogP contribution in [0, 0.1) is 0 Å². The summed E-state index contributed by atoms with van der Waals surface area (Å²) >= 11 is 0. The SMILES string of the molecule is COC(=O)C(C)=CCN1CCN(C(C)=O)CC1. The molecule has 0 saturated carbocycles. The molecule has 0 radical (unpaired) electrons. The van der Waals surface area contributed by atoms with Crippen molar-refractivity contribution in [2.24, 2.45) is 0 Å². The van der Waals surface area contributed by atoms with E-state index in [9.17, 15) is 9.59 Å². The number of carbonyl (C=O) groups excluding carboxylic acids is 2. The summed E-state index contributed by atoms with van der Waals surface area (Å²) in [6, 6.07) is 0. The van der Waals surface area contributed by atoms with E-state index in [0.29, 0.717) is 5.57 Å². The molecule has 17 heavy (non-hydrogen) atoms. The average molecular weight is 240 g/mol. The molecule has 0 aromatic heterocycles. The fraction of sp³-hybridized carbons (Fsp3) is 0.667. The number of esters is 1. The molecule has 0 atom stereocenters. The number of amides is 1. The number of hydrogen-bond acceptors (Lipinski definition) is 4. The van der Waals surface area contributed by atoms with Crippen molar-refractivity contribution in [1.82, 2.24) is 9.80 Å². The highest BCUT2D eigenvalue weighted by Gasteiger charge is 2.17. The molecule has 1 aliphatic rings. The third-order valence-electron chi connectivity index (χ3n) is 2.98. The summed E-state index contributed by atoms with van der Waals surface area (Å²) in [6.45, 7) is 7.30. The molecule has 0 N–H and O–H groups in total. The van der Waals surface area contributed by atoms with Crippen LogP contribution in [0.15, 0.2) is 11.6 Å². The molecule has 1 aliphatic heterocycles. The Morgan fingerprint density at radius 3 is 2.24 bits per heavy atom. The molecule has 96 valence electrons. The molecule has 0 bridgehead atoms. The van der Waals surface area contributed by atoms with Crippen LogP contribution in [0.4, 0.5) is 0 Å². The minimum atomic E-state index is -0.285. The van der Waals surface area contributed by atoms with Gasteiger partial charge < -0.3 is 9.64 Å². The third kappa shape index (κ3) is 4.19. The lowest BCUT2D eigenvalue weighted by Crippen LogP contribution is -2.47. The highest BCUT2D eigenvalue weighted by molar-refractivity contribution is 5.87. The number of hydrogen-bond donors (Lipinski definition) is 0. The minimum Gasteiger partial charge on any atom is -0.466 e. The van der Waals surface area contributed by atoms with Gasteiger partial charge in [0.05, 0.1) is 7.11 Å². The van der Waals surface area contributed by atoms with Gasteiger partial charge >= 0.3 is 5.97 Å². The van der Waals surface area contributed by atoms with Gasteiger partial charge in [0.1, 0.15) is 0 Å². The first kappa shape index (κ1) is 13.7. The van der Waals surface area contributed by atoms with Crippen molar-refractivity contribution in [3.8, 4) is 0 Å². The largest absolute Gasteiger partial charge is 0.466 e. The normalized spacial score (nSPS) is 18.1. The van der Waals surface area contributed by atoms with Crippen molar-refractivity contribution in [3.63, 3.8) is 0 Å². The lowest BCUT2D eigenvalue weighted by Gasteiger charge is -2.33. The Bertz CT molecular complexity index is 318. The maximum Gasteiger partial charge on any atom is 0.333 e. The first-order chi connectivity index (χ1) is 8.04. The zero-order valence-corrected chi connectivity index (χ0v) is 10.7. The van der Waals surface area contributed by atoms with Crippen LogP contribution in [-0.4, -0.2) is 61.5 Å². The van der Waals surface area contributed by atoms with Crippen LogP contribution in [0.5, 0.6) is 0 Å². The molecular formula is C12H20N2O3. The average Bonchev–Trinajstić information content (AvgIpc) is 2.35. The Morgan fingerprint density at radius 2 is 1.76 bits per heavy atom. The molecular weight excluding hydrogens is 220 g/mol. The second-order valence-corrected chi connectivity index (χ2v) is 4.19. The first-order valence-corrected chi connectivity index (χ1v) is 5.77. The number of rotatable bonds is 3. The highest BCUT2D eigenvalue weighted by Crippen LogP contribution is 2.03. The Labute approximate surface area is 102 Å². The lowest BCUT2D eigenvalue weighted by atomic mass is 10.2. The zero-order chi connectivity index (χ0) is 12.8. The van der Waals surface area contributed by atoms with Crippen molar-refractivity contribution >= 4 is 11.9 Å². The molecule has 1 heterocycles. The summed E-state index contributed by atoms with van der Waals surface area (Å²) in [5, 5.41) is 0. The molecule has 0 spiro atoms. The summed E-state index contributed by atoms with van der Waals surface area (Å²) in [7, 11) is 1.38. The second kappa shape index (κ2) is 6.39. The fourth-order valence-electron chi connectivity index (χ4n) is 1.76. The molecule has 0 unspecified atom stereocenters. The Kier molecular flexibility index (Phi) is 5.15. The number of ether oxygens (including phenoxy) is 1. The van der Waals surface area contributed by atoms with E-state index in [4.69, 9.17) is 0 Å². The number of methoxy groups -OCH3 is 1. The van der Waals surface area contributed by atoms with Crippen molar-refractivity contribution in [2.45, 2.75) is 13.8 Å². The van der Waals surface area contributed by atoms with Crippen molar-refractivity contribution in [3.05, 3.63) is 11.6 Å². The maximum absolute atomic E-state index is 11.2. The topological polar surface area (TPSA) is 49.9 Å². The third-order valence-corrected chi connectivity index (χ3v) is 2.98. The molecule has 5 heteroatoms. The summed E-state index contributed by atoms with van der Waals surface area (Å²) in [4.78, 5) is 26.4. The molecule has 0 aliphatic carbocycles. The van der Waals surface area contributed by atoms with E-state index in [-0.39, 0.29) is 11.9 Å². The van der Waals surface area contributed by atoms with Gasteiger partial charge in [0.15, 0.2) is 0 Å². The van der Waals surface area contributed by atoms with Gasteiger partial charge in [0, 0.05) is 45.2 Å². The van der Waals surface area contributed by atoms with E-state index in [2.05, 4.69) is 9.64 Å². The number of nitrogens with zero attached hydrogens (tertiary/aromatic N) is 2. The quantitative estimate of drug-likeness (QED) is 0.525. The van der Waals surface area contributed by atoms with Gasteiger partial charge in [0.25, 0.3) is 0 Å². The van der Waals surface area contributed by atoms with E-state index in [0.717, 1.165) is 32.7 Å². The predicted molar refractivity (Wildman–Crippen MR) is 64.5 cm³/mol. The predicted octanol–water partition coefficient (Wildman–Crippen LogP) is 0.270. The van der Waals surface area contributed by atoms with E-state index >= 15 is 0 Å². The summed E-state index contributed by atoms with van der Waals surface area (Å²) in [5.74, 6) is -0.154. The van der Waals surface area contributed by atoms with Gasteiger partial charge in [-0.2, -0.15) is 0 Å². The molecule has 1 saturated heterocycles. The van der Waals surface area contributed by atoms with Gasteiger partial charge in [-0.15, -0.1) is 0 Å². The summed E-state index contributed by atoms with van der Waals surface area (Å²) < 4.78 is 4.62. The van der Waals surface area contributed by atoms with Crippen LogP contribution < -0.4 is 0 Å². The van der Waals surface area contributed by atoms with E-state index < -0.39 is 0 Å².